The van der Waals surface area contributed by atoms with E-state index in [0.717, 1.165) is 5.56 Å². The number of ether oxygens (including phenoxy) is 1. The lowest BCUT2D eigenvalue weighted by atomic mass is 10.2. The lowest BCUT2D eigenvalue weighted by Crippen LogP contribution is -2.31. The van der Waals surface area contributed by atoms with Gasteiger partial charge >= 0.3 is 5.97 Å². The summed E-state index contributed by atoms with van der Waals surface area (Å²) < 4.78 is 5.16. The SMILES string of the molecule is Cc1ccccc1OC(=O)CNC(=O)c1cccs1. The summed E-state index contributed by atoms with van der Waals surface area (Å²) in [5.41, 5.74) is 0.875. The van der Waals surface area contributed by atoms with Crippen molar-refractivity contribution in [1.82, 2.24) is 5.32 Å². The van der Waals surface area contributed by atoms with Crippen LogP contribution < -0.4 is 10.1 Å². The first-order chi connectivity index (χ1) is 9.16. The molecule has 1 amide bonds. The molecule has 2 rings (SSSR count). The second-order valence-electron chi connectivity index (χ2n) is 3.90. The van der Waals surface area contributed by atoms with Crippen molar-refractivity contribution < 1.29 is 14.3 Å². The lowest BCUT2D eigenvalue weighted by molar-refractivity contribution is -0.133. The maximum Gasteiger partial charge on any atom is 0.330 e. The zero-order chi connectivity index (χ0) is 13.7. The van der Waals surface area contributed by atoms with Crippen molar-refractivity contribution in [1.29, 1.82) is 0 Å². The normalized spacial score (nSPS) is 9.95. The fourth-order valence-corrected chi connectivity index (χ4v) is 2.12. The third kappa shape index (κ3) is 3.66. The van der Waals surface area contributed by atoms with Crippen LogP contribution in [0.1, 0.15) is 15.2 Å². The summed E-state index contributed by atoms with van der Waals surface area (Å²) in [6, 6.07) is 10.7. The van der Waals surface area contributed by atoms with Crippen molar-refractivity contribution in [3.8, 4) is 5.75 Å². The zero-order valence-electron chi connectivity index (χ0n) is 10.4. The minimum absolute atomic E-state index is 0.148. The average Bonchev–Trinajstić information content (AvgIpc) is 2.93. The van der Waals surface area contributed by atoms with Crippen molar-refractivity contribution in [2.45, 2.75) is 6.92 Å². The average molecular weight is 275 g/mol. The third-order valence-corrected chi connectivity index (χ3v) is 3.32. The quantitative estimate of drug-likeness (QED) is 0.688. The van der Waals surface area contributed by atoms with Gasteiger partial charge in [0, 0.05) is 0 Å². The first-order valence-corrected chi connectivity index (χ1v) is 6.63. The van der Waals surface area contributed by atoms with Crippen molar-refractivity contribution in [3.05, 3.63) is 52.2 Å². The molecule has 0 fully saturated rings. The number of benzene rings is 1. The van der Waals surface area contributed by atoms with Crippen molar-refractivity contribution in [3.63, 3.8) is 0 Å². The van der Waals surface area contributed by atoms with Crippen LogP contribution >= 0.6 is 11.3 Å². The number of amides is 1. The molecule has 0 bridgehead atoms. The Morgan fingerprint density at radius 3 is 2.68 bits per heavy atom. The first kappa shape index (κ1) is 13.3. The van der Waals surface area contributed by atoms with Crippen LogP contribution in [0.4, 0.5) is 0 Å². The molecule has 0 radical (unpaired) electrons. The van der Waals surface area contributed by atoms with Gasteiger partial charge in [0.05, 0.1) is 4.88 Å². The van der Waals surface area contributed by atoms with Crippen LogP contribution in [0, 0.1) is 6.92 Å². The van der Waals surface area contributed by atoms with E-state index in [9.17, 15) is 9.59 Å². The number of thiophene rings is 1. The summed E-state index contributed by atoms with van der Waals surface area (Å²) in [6.45, 7) is 1.71. The highest BCUT2D eigenvalue weighted by Crippen LogP contribution is 2.16. The summed E-state index contributed by atoms with van der Waals surface area (Å²) >= 11 is 1.32. The van der Waals surface area contributed by atoms with Crippen LogP contribution in [-0.4, -0.2) is 18.4 Å². The second-order valence-corrected chi connectivity index (χ2v) is 4.85. The molecule has 4 nitrogen and oxygen atoms in total. The van der Waals surface area contributed by atoms with Gasteiger partial charge in [-0.15, -0.1) is 11.3 Å². The topological polar surface area (TPSA) is 55.4 Å². The van der Waals surface area contributed by atoms with Gasteiger partial charge in [-0.25, -0.2) is 4.79 Å². The summed E-state index contributed by atoms with van der Waals surface area (Å²) in [5.74, 6) is -0.242. The minimum atomic E-state index is -0.487. The molecule has 1 aromatic carbocycles. The number of hydrogen-bond donors (Lipinski definition) is 1. The highest BCUT2D eigenvalue weighted by molar-refractivity contribution is 7.12. The number of aryl methyl sites for hydroxylation is 1. The first-order valence-electron chi connectivity index (χ1n) is 5.75. The molecule has 0 saturated carbocycles. The van der Waals surface area contributed by atoms with Gasteiger partial charge in [-0.2, -0.15) is 0 Å². The van der Waals surface area contributed by atoms with E-state index < -0.39 is 5.97 Å². The fraction of sp³-hybridized carbons (Fsp3) is 0.143. The maximum atomic E-state index is 11.6. The monoisotopic (exact) mass is 275 g/mol. The molecule has 1 N–H and O–H groups in total. The Kier molecular flexibility index (Phi) is 4.30. The zero-order valence-corrected chi connectivity index (χ0v) is 11.2. The molecule has 0 atom stereocenters. The standard InChI is InChI=1S/C14H13NO3S/c1-10-5-2-3-6-11(10)18-13(16)9-15-14(17)12-7-4-8-19-12/h2-8H,9H2,1H3,(H,15,17). The number of rotatable bonds is 4. The van der Waals surface area contributed by atoms with Crippen molar-refractivity contribution >= 4 is 23.2 Å². The molecule has 1 heterocycles. The molecule has 0 unspecified atom stereocenters. The van der Waals surface area contributed by atoms with E-state index >= 15 is 0 Å². The smallest absolute Gasteiger partial charge is 0.330 e. The van der Waals surface area contributed by atoms with E-state index in [1.54, 1.807) is 29.6 Å². The molecule has 0 saturated heterocycles. The highest BCUT2D eigenvalue weighted by Gasteiger charge is 2.10. The van der Waals surface area contributed by atoms with Gasteiger partial charge in [-0.1, -0.05) is 24.3 Å². The van der Waals surface area contributed by atoms with E-state index in [-0.39, 0.29) is 12.5 Å². The molecule has 19 heavy (non-hydrogen) atoms. The molecule has 1 aromatic heterocycles. The Bertz CT molecular complexity index is 578. The maximum absolute atomic E-state index is 11.6. The molecule has 0 spiro atoms. The van der Waals surface area contributed by atoms with E-state index in [1.165, 1.54) is 11.3 Å². The summed E-state index contributed by atoms with van der Waals surface area (Å²) in [5, 5.41) is 4.33. The van der Waals surface area contributed by atoms with Crippen LogP contribution in [0.25, 0.3) is 0 Å². The number of nitrogens with one attached hydrogen (secondary N) is 1. The molecule has 0 aliphatic rings. The van der Waals surface area contributed by atoms with Gasteiger partial charge in [0.2, 0.25) is 0 Å². The van der Waals surface area contributed by atoms with Gasteiger partial charge in [0.1, 0.15) is 12.3 Å². The van der Waals surface area contributed by atoms with Gasteiger partial charge in [-0.05, 0) is 30.0 Å². The van der Waals surface area contributed by atoms with E-state index in [0.29, 0.717) is 10.6 Å². The van der Waals surface area contributed by atoms with Crippen molar-refractivity contribution in [2.75, 3.05) is 6.54 Å². The summed E-state index contributed by atoms with van der Waals surface area (Å²) in [6.07, 6.45) is 0. The van der Waals surface area contributed by atoms with Gasteiger partial charge in [-0.3, -0.25) is 4.79 Å². The van der Waals surface area contributed by atoms with E-state index in [4.69, 9.17) is 4.74 Å². The lowest BCUT2D eigenvalue weighted by Gasteiger charge is -2.07. The molecule has 2 aromatic rings. The number of para-hydroxylation sites is 1. The second kappa shape index (κ2) is 6.15. The van der Waals surface area contributed by atoms with Crippen LogP contribution in [0.15, 0.2) is 41.8 Å². The third-order valence-electron chi connectivity index (χ3n) is 2.46. The predicted molar refractivity (Wildman–Crippen MR) is 73.5 cm³/mol. The Hall–Kier alpha value is -2.14. The Morgan fingerprint density at radius 2 is 2.00 bits per heavy atom. The summed E-state index contributed by atoms with van der Waals surface area (Å²) in [4.78, 5) is 23.8. The number of esters is 1. The van der Waals surface area contributed by atoms with Gasteiger partial charge < -0.3 is 10.1 Å². The predicted octanol–water partition coefficient (Wildman–Crippen LogP) is 2.39. The highest BCUT2D eigenvalue weighted by atomic mass is 32.1. The van der Waals surface area contributed by atoms with Crippen LogP contribution in [0.2, 0.25) is 0 Å². The largest absolute Gasteiger partial charge is 0.425 e. The summed E-state index contributed by atoms with van der Waals surface area (Å²) in [7, 11) is 0. The van der Waals surface area contributed by atoms with Crippen LogP contribution in [0.5, 0.6) is 5.75 Å². The Labute approximate surface area is 115 Å². The molecule has 5 heteroatoms. The molecular formula is C14H13NO3S. The van der Waals surface area contributed by atoms with Crippen LogP contribution in [-0.2, 0) is 4.79 Å². The van der Waals surface area contributed by atoms with Crippen LogP contribution in [0.3, 0.4) is 0 Å². The molecule has 0 aliphatic heterocycles. The van der Waals surface area contributed by atoms with Crippen molar-refractivity contribution in [2.24, 2.45) is 0 Å². The number of hydrogen-bond acceptors (Lipinski definition) is 4. The Morgan fingerprint density at radius 1 is 1.21 bits per heavy atom. The molecular weight excluding hydrogens is 262 g/mol. The molecule has 0 aliphatic carbocycles. The minimum Gasteiger partial charge on any atom is -0.425 e. The van der Waals surface area contributed by atoms with E-state index in [1.807, 2.05) is 19.1 Å². The Balaban J connectivity index is 1.86. The van der Waals surface area contributed by atoms with E-state index in [2.05, 4.69) is 5.32 Å². The fourth-order valence-electron chi connectivity index (χ4n) is 1.48. The van der Waals surface area contributed by atoms with Gasteiger partial charge in [0.25, 0.3) is 5.91 Å². The van der Waals surface area contributed by atoms with Gasteiger partial charge in [0.15, 0.2) is 0 Å². The number of carbonyl (C=O) groups excluding carboxylic acids is 2. The number of carbonyl (C=O) groups is 2. The molecule has 98 valence electrons.